The molecule has 5 rings (SSSR count). The smallest absolute Gasteiger partial charge is 0.355 e. The van der Waals surface area contributed by atoms with Gasteiger partial charge in [-0.05, 0) is 37.8 Å². The summed E-state index contributed by atoms with van der Waals surface area (Å²) in [5.41, 5.74) is 1.33. The third kappa shape index (κ3) is 3.51. The van der Waals surface area contributed by atoms with Crippen LogP contribution in [0.15, 0.2) is 17.5 Å². The fraction of sp³-hybridized carbons (Fsp3) is 0.450. The van der Waals surface area contributed by atoms with Gasteiger partial charge in [-0.25, -0.2) is 19.7 Å². The minimum Gasteiger partial charge on any atom is -0.476 e. The number of carbonyl (C=O) groups excluding carboxylic acids is 1. The van der Waals surface area contributed by atoms with Crippen LogP contribution in [-0.2, 0) is 4.79 Å². The number of carboxylic acids is 1. The molecule has 3 aromatic heterocycles. The Balaban J connectivity index is 1.36. The number of anilines is 1. The Bertz CT molecular complexity index is 1100. The van der Waals surface area contributed by atoms with Gasteiger partial charge in [0, 0.05) is 31.6 Å². The molecule has 10 heteroatoms. The maximum absolute atomic E-state index is 12.8. The Morgan fingerprint density at radius 3 is 2.70 bits per heavy atom. The first-order valence-electron chi connectivity index (χ1n) is 10.2. The predicted octanol–water partition coefficient (Wildman–Crippen LogP) is 2.62. The number of aromatic carboxylic acids is 1. The van der Waals surface area contributed by atoms with Gasteiger partial charge in [-0.2, -0.15) is 0 Å². The van der Waals surface area contributed by atoms with Crippen molar-refractivity contribution in [2.45, 2.75) is 25.7 Å². The standard InChI is InChI=1S/C20H22N6O3S/c27-19(25-7-1-2-8-25)12-4-3-9-26(10-12)15-6-5-13-16(23-15)24-17(21-13)18-22-14(11-30-18)20(28)29/h5-6,11-12H,1-4,7-10H2,(H,28,29)(H,21,23,24). The van der Waals surface area contributed by atoms with Gasteiger partial charge in [-0.15, -0.1) is 11.3 Å². The molecule has 5 heterocycles. The van der Waals surface area contributed by atoms with Gasteiger partial charge in [-0.1, -0.05) is 0 Å². The number of carboxylic acid groups (broad SMARTS) is 1. The number of nitrogens with zero attached hydrogens (tertiary/aromatic N) is 5. The Kier molecular flexibility index (Phi) is 4.86. The van der Waals surface area contributed by atoms with Crippen molar-refractivity contribution in [3.63, 3.8) is 0 Å². The highest BCUT2D eigenvalue weighted by Gasteiger charge is 2.31. The number of nitrogens with one attached hydrogen (secondary N) is 1. The lowest BCUT2D eigenvalue weighted by Gasteiger charge is -2.34. The summed E-state index contributed by atoms with van der Waals surface area (Å²) in [7, 11) is 0. The van der Waals surface area contributed by atoms with E-state index >= 15 is 0 Å². The van der Waals surface area contributed by atoms with Gasteiger partial charge in [0.25, 0.3) is 0 Å². The number of thiazole rings is 1. The number of aromatic nitrogens is 4. The highest BCUT2D eigenvalue weighted by molar-refractivity contribution is 7.13. The summed E-state index contributed by atoms with van der Waals surface area (Å²) >= 11 is 1.23. The number of fused-ring (bicyclic) bond motifs is 1. The van der Waals surface area contributed by atoms with Crippen LogP contribution in [-0.4, -0.2) is 68.0 Å². The van der Waals surface area contributed by atoms with Crippen molar-refractivity contribution >= 4 is 40.2 Å². The van der Waals surface area contributed by atoms with E-state index in [0.717, 1.165) is 51.1 Å². The maximum atomic E-state index is 12.8. The molecule has 2 aliphatic rings. The number of aromatic amines is 1. The van der Waals surface area contributed by atoms with E-state index < -0.39 is 5.97 Å². The van der Waals surface area contributed by atoms with Crippen LogP contribution in [0.25, 0.3) is 22.0 Å². The molecule has 0 aromatic carbocycles. The zero-order valence-corrected chi connectivity index (χ0v) is 17.2. The van der Waals surface area contributed by atoms with E-state index in [1.54, 1.807) is 0 Å². The third-order valence-electron chi connectivity index (χ3n) is 5.77. The fourth-order valence-electron chi connectivity index (χ4n) is 4.22. The van der Waals surface area contributed by atoms with Crippen LogP contribution in [0.3, 0.4) is 0 Å². The van der Waals surface area contributed by atoms with Crippen LogP contribution >= 0.6 is 11.3 Å². The number of H-pyrrole nitrogens is 1. The Labute approximate surface area is 176 Å². The summed E-state index contributed by atoms with van der Waals surface area (Å²) in [5, 5.41) is 11.1. The number of carbonyl (C=O) groups is 2. The molecule has 0 bridgehead atoms. The summed E-state index contributed by atoms with van der Waals surface area (Å²) in [6, 6.07) is 3.83. The lowest BCUT2D eigenvalue weighted by Crippen LogP contribution is -2.44. The van der Waals surface area contributed by atoms with Crippen LogP contribution in [0.5, 0.6) is 0 Å². The zero-order chi connectivity index (χ0) is 20.7. The Morgan fingerprint density at radius 1 is 1.10 bits per heavy atom. The molecule has 2 fully saturated rings. The first kappa shape index (κ1) is 19.0. The van der Waals surface area contributed by atoms with Crippen LogP contribution < -0.4 is 4.90 Å². The number of hydrogen-bond donors (Lipinski definition) is 2. The molecule has 1 unspecified atom stereocenters. The number of piperidine rings is 1. The van der Waals surface area contributed by atoms with Gasteiger partial charge >= 0.3 is 5.97 Å². The van der Waals surface area contributed by atoms with Crippen molar-refractivity contribution in [3.05, 3.63) is 23.2 Å². The first-order valence-corrected chi connectivity index (χ1v) is 11.1. The summed E-state index contributed by atoms with van der Waals surface area (Å²) < 4.78 is 0. The average molecular weight is 427 g/mol. The molecule has 2 saturated heterocycles. The molecule has 0 spiro atoms. The summed E-state index contributed by atoms with van der Waals surface area (Å²) in [6.45, 7) is 3.33. The number of imidazole rings is 1. The number of hydrogen-bond acceptors (Lipinski definition) is 7. The number of amides is 1. The van der Waals surface area contributed by atoms with Crippen LogP contribution in [0.2, 0.25) is 0 Å². The molecule has 1 atom stereocenters. The van der Waals surface area contributed by atoms with Gasteiger partial charge in [0.15, 0.2) is 22.2 Å². The quantitative estimate of drug-likeness (QED) is 0.659. The molecular formula is C20H22N6O3S. The molecule has 0 radical (unpaired) electrons. The van der Waals surface area contributed by atoms with Gasteiger partial charge < -0.3 is 19.9 Å². The van der Waals surface area contributed by atoms with Gasteiger partial charge in [0.1, 0.15) is 11.3 Å². The molecule has 2 aliphatic heterocycles. The van der Waals surface area contributed by atoms with Crippen molar-refractivity contribution in [1.29, 1.82) is 0 Å². The third-order valence-corrected chi connectivity index (χ3v) is 6.62. The minimum atomic E-state index is -1.06. The normalized spacial score (nSPS) is 19.5. The molecule has 2 N–H and O–H groups in total. The summed E-state index contributed by atoms with van der Waals surface area (Å²) in [4.78, 5) is 44.5. The van der Waals surface area contributed by atoms with Crippen molar-refractivity contribution in [2.75, 3.05) is 31.1 Å². The fourth-order valence-corrected chi connectivity index (χ4v) is 4.96. The molecule has 0 saturated carbocycles. The van der Waals surface area contributed by atoms with Crippen molar-refractivity contribution in [3.8, 4) is 10.8 Å². The van der Waals surface area contributed by atoms with Gasteiger partial charge in [0.05, 0.1) is 5.92 Å². The monoisotopic (exact) mass is 426 g/mol. The molecule has 156 valence electrons. The first-order chi connectivity index (χ1) is 14.6. The van der Waals surface area contributed by atoms with E-state index in [1.165, 1.54) is 16.7 Å². The lowest BCUT2D eigenvalue weighted by atomic mass is 9.96. The van der Waals surface area contributed by atoms with Gasteiger partial charge in [0.2, 0.25) is 5.91 Å². The molecule has 0 aliphatic carbocycles. The van der Waals surface area contributed by atoms with Crippen LogP contribution in [0.4, 0.5) is 5.82 Å². The highest BCUT2D eigenvalue weighted by Crippen LogP contribution is 2.28. The van der Waals surface area contributed by atoms with E-state index in [1.807, 2.05) is 17.0 Å². The van der Waals surface area contributed by atoms with Crippen molar-refractivity contribution < 1.29 is 14.7 Å². The van der Waals surface area contributed by atoms with E-state index in [2.05, 4.69) is 19.9 Å². The Morgan fingerprint density at radius 2 is 1.93 bits per heavy atom. The molecule has 9 nitrogen and oxygen atoms in total. The second-order valence-electron chi connectivity index (χ2n) is 7.78. The SMILES string of the molecule is O=C(O)c1csc(-c2nc3ccc(N4CCCC(C(=O)N5CCCC5)C4)nc3[nH]2)n1. The number of rotatable bonds is 4. The predicted molar refractivity (Wildman–Crippen MR) is 113 cm³/mol. The topological polar surface area (TPSA) is 115 Å². The second kappa shape index (κ2) is 7.67. The number of pyridine rings is 1. The van der Waals surface area contributed by atoms with E-state index in [-0.39, 0.29) is 17.5 Å². The second-order valence-corrected chi connectivity index (χ2v) is 8.64. The lowest BCUT2D eigenvalue weighted by molar-refractivity contribution is -0.134. The highest BCUT2D eigenvalue weighted by atomic mass is 32.1. The summed E-state index contributed by atoms with van der Waals surface area (Å²) in [5.74, 6) is 0.573. The van der Waals surface area contributed by atoms with E-state index in [4.69, 9.17) is 10.1 Å². The minimum absolute atomic E-state index is 0.00568. The van der Waals surface area contributed by atoms with E-state index in [9.17, 15) is 9.59 Å². The molecule has 3 aromatic rings. The molecular weight excluding hydrogens is 404 g/mol. The van der Waals surface area contributed by atoms with Gasteiger partial charge in [-0.3, -0.25) is 4.79 Å². The average Bonchev–Trinajstić information content (AvgIpc) is 3.52. The largest absolute Gasteiger partial charge is 0.476 e. The summed E-state index contributed by atoms with van der Waals surface area (Å²) in [6.07, 6.45) is 4.11. The van der Waals surface area contributed by atoms with Crippen LogP contribution in [0.1, 0.15) is 36.2 Å². The van der Waals surface area contributed by atoms with Crippen LogP contribution in [0, 0.1) is 5.92 Å². The van der Waals surface area contributed by atoms with Crippen molar-refractivity contribution in [2.24, 2.45) is 5.92 Å². The Hall–Kier alpha value is -3.01. The van der Waals surface area contributed by atoms with E-state index in [0.29, 0.717) is 28.5 Å². The number of likely N-dealkylation sites (tertiary alicyclic amines) is 1. The molecule has 1 amide bonds. The van der Waals surface area contributed by atoms with Crippen molar-refractivity contribution in [1.82, 2.24) is 24.8 Å². The maximum Gasteiger partial charge on any atom is 0.355 e. The zero-order valence-electron chi connectivity index (χ0n) is 16.4. The molecule has 30 heavy (non-hydrogen) atoms.